The first kappa shape index (κ1) is 20.2. The average Bonchev–Trinajstić information content (AvgIpc) is 3.16. The van der Waals surface area contributed by atoms with Gasteiger partial charge in [0.2, 0.25) is 5.91 Å². The third kappa shape index (κ3) is 4.24. The molecule has 30 heavy (non-hydrogen) atoms. The molecule has 1 heterocycles. The first-order chi connectivity index (χ1) is 14.5. The molecule has 3 aromatic rings. The maximum Gasteiger partial charge on any atom is 0.255 e. The largest absolute Gasteiger partial charge is 0.322 e. The molecule has 1 fully saturated rings. The standard InChI is InChI=1S/C24H21FN2O2S/c1-2-16-6-12-21(13-7-16)27-22(28)15-30-24(27)18-4-3-5-20(14-18)26-23(29)17-8-10-19(25)11-9-17/h3-14,24H,2,15H2,1H3,(H,26,29). The Bertz CT molecular complexity index is 1070. The summed E-state index contributed by atoms with van der Waals surface area (Å²) in [7, 11) is 0. The van der Waals surface area contributed by atoms with E-state index in [1.54, 1.807) is 17.8 Å². The van der Waals surface area contributed by atoms with Gasteiger partial charge in [0, 0.05) is 16.9 Å². The van der Waals surface area contributed by atoms with E-state index in [9.17, 15) is 14.0 Å². The highest BCUT2D eigenvalue weighted by atomic mass is 32.2. The number of aryl methyl sites for hydroxylation is 1. The maximum atomic E-state index is 13.1. The number of nitrogens with one attached hydrogen (secondary N) is 1. The summed E-state index contributed by atoms with van der Waals surface area (Å²) >= 11 is 1.56. The van der Waals surface area contributed by atoms with Crippen LogP contribution in [0.2, 0.25) is 0 Å². The lowest BCUT2D eigenvalue weighted by Crippen LogP contribution is -2.27. The molecule has 1 N–H and O–H groups in total. The molecular weight excluding hydrogens is 399 g/mol. The second kappa shape index (κ2) is 8.71. The van der Waals surface area contributed by atoms with E-state index < -0.39 is 0 Å². The molecule has 2 amide bonds. The Morgan fingerprint density at radius 1 is 1.10 bits per heavy atom. The minimum Gasteiger partial charge on any atom is -0.322 e. The smallest absolute Gasteiger partial charge is 0.255 e. The fourth-order valence-corrected chi connectivity index (χ4v) is 4.58. The first-order valence-electron chi connectivity index (χ1n) is 9.74. The van der Waals surface area contributed by atoms with Crippen LogP contribution < -0.4 is 10.2 Å². The van der Waals surface area contributed by atoms with E-state index in [4.69, 9.17) is 0 Å². The fraction of sp³-hybridized carbons (Fsp3) is 0.167. The van der Waals surface area contributed by atoms with E-state index in [1.165, 1.54) is 29.8 Å². The molecule has 0 aromatic heterocycles. The predicted octanol–water partition coefficient (Wildman–Crippen LogP) is 5.42. The van der Waals surface area contributed by atoms with Crippen molar-refractivity contribution in [1.29, 1.82) is 0 Å². The molecule has 0 radical (unpaired) electrons. The van der Waals surface area contributed by atoms with Crippen LogP contribution in [-0.2, 0) is 11.2 Å². The number of hydrogen-bond donors (Lipinski definition) is 1. The number of carbonyl (C=O) groups is 2. The molecule has 1 aliphatic heterocycles. The van der Waals surface area contributed by atoms with Crippen LogP contribution in [0.3, 0.4) is 0 Å². The normalized spacial score (nSPS) is 16.0. The van der Waals surface area contributed by atoms with E-state index in [0.29, 0.717) is 17.0 Å². The number of halogens is 1. The predicted molar refractivity (Wildman–Crippen MR) is 119 cm³/mol. The van der Waals surface area contributed by atoms with Gasteiger partial charge in [0.05, 0.1) is 5.75 Å². The number of nitrogens with zero attached hydrogens (tertiary/aromatic N) is 1. The van der Waals surface area contributed by atoms with Crippen LogP contribution in [-0.4, -0.2) is 17.6 Å². The van der Waals surface area contributed by atoms with E-state index in [2.05, 4.69) is 12.2 Å². The summed E-state index contributed by atoms with van der Waals surface area (Å²) in [6.45, 7) is 2.10. The Morgan fingerprint density at radius 2 is 1.83 bits per heavy atom. The van der Waals surface area contributed by atoms with Crippen LogP contribution in [0.5, 0.6) is 0 Å². The Morgan fingerprint density at radius 3 is 2.53 bits per heavy atom. The number of amides is 2. The van der Waals surface area contributed by atoms with Crippen molar-refractivity contribution in [3.8, 4) is 0 Å². The van der Waals surface area contributed by atoms with E-state index >= 15 is 0 Å². The monoisotopic (exact) mass is 420 g/mol. The average molecular weight is 421 g/mol. The highest BCUT2D eigenvalue weighted by Crippen LogP contribution is 2.42. The molecule has 0 aliphatic carbocycles. The van der Waals surface area contributed by atoms with Gasteiger partial charge in [-0.05, 0) is 66.1 Å². The molecule has 6 heteroatoms. The zero-order valence-electron chi connectivity index (χ0n) is 16.5. The van der Waals surface area contributed by atoms with Crippen molar-refractivity contribution in [3.63, 3.8) is 0 Å². The number of hydrogen-bond acceptors (Lipinski definition) is 3. The molecule has 1 saturated heterocycles. The minimum absolute atomic E-state index is 0.0648. The maximum absolute atomic E-state index is 13.1. The molecule has 152 valence electrons. The summed E-state index contributed by atoms with van der Waals surface area (Å²) in [5.74, 6) is -0.223. The van der Waals surface area contributed by atoms with E-state index in [-0.39, 0.29) is 23.0 Å². The van der Waals surface area contributed by atoms with Gasteiger partial charge in [-0.25, -0.2) is 4.39 Å². The molecular formula is C24H21FN2O2S. The highest BCUT2D eigenvalue weighted by Gasteiger charge is 2.34. The van der Waals surface area contributed by atoms with Gasteiger partial charge < -0.3 is 5.32 Å². The second-order valence-corrected chi connectivity index (χ2v) is 8.10. The van der Waals surface area contributed by atoms with Gasteiger partial charge in [-0.3, -0.25) is 14.5 Å². The van der Waals surface area contributed by atoms with Crippen molar-refractivity contribution >= 4 is 35.0 Å². The summed E-state index contributed by atoms with van der Waals surface area (Å²) in [6, 6.07) is 21.0. The van der Waals surface area contributed by atoms with Crippen molar-refractivity contribution in [2.45, 2.75) is 18.7 Å². The van der Waals surface area contributed by atoms with Gasteiger partial charge >= 0.3 is 0 Å². The topological polar surface area (TPSA) is 49.4 Å². The van der Waals surface area contributed by atoms with Crippen molar-refractivity contribution in [1.82, 2.24) is 0 Å². The van der Waals surface area contributed by atoms with Crippen molar-refractivity contribution in [3.05, 3.63) is 95.3 Å². The lowest BCUT2D eigenvalue weighted by Gasteiger charge is -2.25. The van der Waals surface area contributed by atoms with Crippen LogP contribution in [0.25, 0.3) is 0 Å². The Labute approximate surface area is 179 Å². The lowest BCUT2D eigenvalue weighted by molar-refractivity contribution is -0.115. The van der Waals surface area contributed by atoms with Crippen molar-refractivity contribution < 1.29 is 14.0 Å². The van der Waals surface area contributed by atoms with Crippen molar-refractivity contribution in [2.75, 3.05) is 16.0 Å². The van der Waals surface area contributed by atoms with Gasteiger partial charge in [-0.15, -0.1) is 11.8 Å². The van der Waals surface area contributed by atoms with Gasteiger partial charge in [0.15, 0.2) is 0 Å². The van der Waals surface area contributed by atoms with Gasteiger partial charge in [-0.2, -0.15) is 0 Å². The Kier molecular flexibility index (Phi) is 5.86. The summed E-state index contributed by atoms with van der Waals surface area (Å²) in [4.78, 5) is 26.9. The number of benzene rings is 3. The van der Waals surface area contributed by atoms with Gasteiger partial charge in [0.1, 0.15) is 11.2 Å². The molecule has 0 spiro atoms. The zero-order valence-corrected chi connectivity index (χ0v) is 17.3. The molecule has 1 aliphatic rings. The third-order valence-corrected chi connectivity index (χ3v) is 6.24. The molecule has 0 saturated carbocycles. The van der Waals surface area contributed by atoms with Crippen LogP contribution >= 0.6 is 11.8 Å². The van der Waals surface area contributed by atoms with E-state index in [0.717, 1.165) is 17.7 Å². The van der Waals surface area contributed by atoms with Crippen LogP contribution in [0.1, 0.15) is 33.8 Å². The highest BCUT2D eigenvalue weighted by molar-refractivity contribution is 8.00. The van der Waals surface area contributed by atoms with Gasteiger partial charge in [0.25, 0.3) is 5.91 Å². The molecule has 4 rings (SSSR count). The fourth-order valence-electron chi connectivity index (χ4n) is 3.42. The number of anilines is 2. The summed E-state index contributed by atoms with van der Waals surface area (Å²) in [5.41, 5.74) is 4.03. The minimum atomic E-state index is -0.386. The molecule has 0 bridgehead atoms. The molecule has 3 aromatic carbocycles. The quantitative estimate of drug-likeness (QED) is 0.600. The molecule has 1 unspecified atom stereocenters. The SMILES string of the molecule is CCc1ccc(N2C(=O)CSC2c2cccc(NC(=O)c3ccc(F)cc3)c2)cc1. The summed E-state index contributed by atoms with van der Waals surface area (Å²) < 4.78 is 13.1. The van der Waals surface area contributed by atoms with Gasteiger partial charge in [-0.1, -0.05) is 31.2 Å². The molecule has 1 atom stereocenters. The number of thioether (sulfide) groups is 1. The third-order valence-electron chi connectivity index (χ3n) is 5.03. The first-order valence-corrected chi connectivity index (χ1v) is 10.8. The number of carbonyl (C=O) groups excluding carboxylic acids is 2. The molecule has 4 nitrogen and oxygen atoms in total. The van der Waals surface area contributed by atoms with Crippen LogP contribution in [0.15, 0.2) is 72.8 Å². The van der Waals surface area contributed by atoms with E-state index in [1.807, 2.05) is 47.4 Å². The lowest BCUT2D eigenvalue weighted by atomic mass is 10.1. The number of rotatable bonds is 5. The van der Waals surface area contributed by atoms with Crippen LogP contribution in [0.4, 0.5) is 15.8 Å². The van der Waals surface area contributed by atoms with Crippen LogP contribution in [0, 0.1) is 5.82 Å². The van der Waals surface area contributed by atoms with Crippen molar-refractivity contribution in [2.24, 2.45) is 0 Å². The summed E-state index contributed by atoms with van der Waals surface area (Å²) in [5, 5.41) is 2.69. The second-order valence-electron chi connectivity index (χ2n) is 7.03. The Balaban J connectivity index is 1.56. The Hall–Kier alpha value is -3.12. The summed E-state index contributed by atoms with van der Waals surface area (Å²) in [6.07, 6.45) is 0.947. The zero-order chi connectivity index (χ0) is 21.1.